The first kappa shape index (κ1) is 17.7. The molecule has 0 amide bonds. The number of hydrogen-bond donors (Lipinski definition) is 1. The molecule has 0 atom stereocenters. The van der Waals surface area contributed by atoms with E-state index in [-0.39, 0.29) is 12.2 Å². The largest absolute Gasteiger partial charge is 0.481 e. The predicted octanol–water partition coefficient (Wildman–Crippen LogP) is 4.78. The zero-order valence-electron chi connectivity index (χ0n) is 14.8. The Morgan fingerprint density at radius 3 is 2.73 bits per heavy atom. The van der Waals surface area contributed by atoms with Gasteiger partial charge in [0.15, 0.2) is 5.58 Å². The lowest BCUT2D eigenvalue weighted by atomic mass is 10.1. The molecule has 0 aliphatic carbocycles. The lowest BCUT2D eigenvalue weighted by Crippen LogP contribution is -1.99. The lowest BCUT2D eigenvalue weighted by Gasteiger charge is -1.95. The van der Waals surface area contributed by atoms with Crippen LogP contribution < -0.4 is 0 Å². The fourth-order valence-electron chi connectivity index (χ4n) is 2.90. The Labute approximate surface area is 149 Å². The van der Waals surface area contributed by atoms with Crippen LogP contribution >= 0.6 is 0 Å². The van der Waals surface area contributed by atoms with Crippen molar-refractivity contribution < 1.29 is 18.7 Å². The second kappa shape index (κ2) is 7.00. The molecule has 2 aromatic carbocycles. The third-order valence-corrected chi connectivity index (χ3v) is 3.99. The van der Waals surface area contributed by atoms with E-state index >= 15 is 0 Å². The minimum absolute atomic E-state index is 0.0779. The van der Waals surface area contributed by atoms with Crippen LogP contribution in [0, 0.1) is 5.82 Å². The maximum absolute atomic E-state index is 13.6. The Hall–Kier alpha value is -3.15. The molecule has 2 heterocycles. The molecular weight excluding hydrogens is 335 g/mol. The third kappa shape index (κ3) is 3.18. The Bertz CT molecular complexity index is 1100. The van der Waals surface area contributed by atoms with Crippen molar-refractivity contribution in [3.63, 3.8) is 0 Å². The number of carbonyl (C=O) groups is 1. The molecule has 0 saturated heterocycles. The number of nitrogens with zero attached hydrogens (tertiary/aromatic N) is 2. The van der Waals surface area contributed by atoms with Crippen molar-refractivity contribution in [3.05, 3.63) is 54.0 Å². The molecule has 0 unspecified atom stereocenters. The van der Waals surface area contributed by atoms with Crippen molar-refractivity contribution in [2.75, 3.05) is 0 Å². The van der Waals surface area contributed by atoms with Gasteiger partial charge in [0.1, 0.15) is 11.3 Å². The average Bonchev–Trinajstić information content (AvgIpc) is 3.16. The average molecular weight is 354 g/mol. The SMILES string of the molecule is CC.Cn1cc(-c2nc3ccc(CC(=O)O)cc3o2)c2cc(F)ccc21. The fourth-order valence-corrected chi connectivity index (χ4v) is 2.90. The first-order chi connectivity index (χ1) is 12.5. The smallest absolute Gasteiger partial charge is 0.307 e. The van der Waals surface area contributed by atoms with Crippen molar-refractivity contribution in [2.45, 2.75) is 20.3 Å². The van der Waals surface area contributed by atoms with Crippen molar-refractivity contribution in [2.24, 2.45) is 7.05 Å². The van der Waals surface area contributed by atoms with Gasteiger partial charge in [-0.3, -0.25) is 4.79 Å². The highest BCUT2D eigenvalue weighted by molar-refractivity contribution is 5.95. The number of aliphatic carboxylic acids is 1. The molecule has 4 aromatic rings. The van der Waals surface area contributed by atoms with Crippen LogP contribution in [0.5, 0.6) is 0 Å². The number of oxazole rings is 1. The van der Waals surface area contributed by atoms with Crippen LogP contribution in [0.1, 0.15) is 19.4 Å². The van der Waals surface area contributed by atoms with Gasteiger partial charge >= 0.3 is 5.97 Å². The van der Waals surface area contributed by atoms with Crippen molar-refractivity contribution in [1.29, 1.82) is 0 Å². The zero-order chi connectivity index (χ0) is 18.8. The van der Waals surface area contributed by atoms with Gasteiger partial charge in [0, 0.05) is 24.1 Å². The summed E-state index contributed by atoms with van der Waals surface area (Å²) in [6.07, 6.45) is 1.76. The van der Waals surface area contributed by atoms with Gasteiger partial charge < -0.3 is 14.1 Å². The molecule has 0 fully saturated rings. The number of hydrogen-bond acceptors (Lipinski definition) is 3. The summed E-state index contributed by atoms with van der Waals surface area (Å²) in [4.78, 5) is 15.3. The summed E-state index contributed by atoms with van der Waals surface area (Å²) in [5.41, 5.74) is 3.36. The lowest BCUT2D eigenvalue weighted by molar-refractivity contribution is -0.136. The van der Waals surface area contributed by atoms with E-state index in [1.165, 1.54) is 12.1 Å². The molecule has 2 aromatic heterocycles. The normalized spacial score (nSPS) is 10.8. The molecule has 0 radical (unpaired) electrons. The highest BCUT2D eigenvalue weighted by atomic mass is 19.1. The summed E-state index contributed by atoms with van der Waals surface area (Å²) in [5.74, 6) is -0.845. The van der Waals surface area contributed by atoms with Gasteiger partial charge in [-0.1, -0.05) is 19.9 Å². The molecule has 0 spiro atoms. The van der Waals surface area contributed by atoms with Crippen LogP contribution in [0.15, 0.2) is 47.0 Å². The Kier molecular flexibility index (Phi) is 4.75. The van der Waals surface area contributed by atoms with Crippen LogP contribution in [0.2, 0.25) is 0 Å². The van der Waals surface area contributed by atoms with Crippen LogP contribution in [0.4, 0.5) is 4.39 Å². The summed E-state index contributed by atoms with van der Waals surface area (Å²) < 4.78 is 21.3. The fraction of sp³-hybridized carbons (Fsp3) is 0.200. The molecule has 6 heteroatoms. The standard InChI is InChI=1S/C18H13FN2O3.C2H6/c1-21-9-13(12-8-11(19)3-5-15(12)21)18-20-14-4-2-10(7-17(22)23)6-16(14)24-18;1-2/h2-6,8-9H,7H2,1H3,(H,22,23);1-2H3. The second-order valence-corrected chi connectivity index (χ2v) is 5.71. The van der Waals surface area contributed by atoms with Gasteiger partial charge in [-0.25, -0.2) is 9.37 Å². The van der Waals surface area contributed by atoms with Crippen molar-refractivity contribution in [1.82, 2.24) is 9.55 Å². The first-order valence-corrected chi connectivity index (χ1v) is 8.37. The minimum Gasteiger partial charge on any atom is -0.481 e. The van der Waals surface area contributed by atoms with E-state index in [0.29, 0.717) is 28.1 Å². The molecule has 26 heavy (non-hydrogen) atoms. The second-order valence-electron chi connectivity index (χ2n) is 5.71. The van der Waals surface area contributed by atoms with E-state index in [0.717, 1.165) is 10.9 Å². The Balaban J connectivity index is 0.000000948. The monoisotopic (exact) mass is 354 g/mol. The number of fused-ring (bicyclic) bond motifs is 2. The molecule has 0 aliphatic heterocycles. The molecular formula is C20H19FN2O3. The van der Waals surface area contributed by atoms with Crippen LogP contribution in [-0.2, 0) is 18.3 Å². The maximum atomic E-state index is 13.6. The van der Waals surface area contributed by atoms with E-state index in [2.05, 4.69) is 4.98 Å². The predicted molar refractivity (Wildman–Crippen MR) is 98.6 cm³/mol. The Morgan fingerprint density at radius 1 is 1.23 bits per heavy atom. The topological polar surface area (TPSA) is 68.3 Å². The molecule has 0 saturated carbocycles. The third-order valence-electron chi connectivity index (χ3n) is 3.99. The molecule has 5 nitrogen and oxygen atoms in total. The van der Waals surface area contributed by atoms with Crippen LogP contribution in [0.3, 0.4) is 0 Å². The van der Waals surface area contributed by atoms with E-state index in [4.69, 9.17) is 9.52 Å². The highest BCUT2D eigenvalue weighted by Gasteiger charge is 2.15. The summed E-state index contributed by atoms with van der Waals surface area (Å²) in [6, 6.07) is 9.69. The van der Waals surface area contributed by atoms with Gasteiger partial charge in [0.25, 0.3) is 0 Å². The van der Waals surface area contributed by atoms with E-state index in [9.17, 15) is 9.18 Å². The number of aromatic nitrogens is 2. The molecule has 134 valence electrons. The van der Waals surface area contributed by atoms with E-state index in [1.807, 2.05) is 31.7 Å². The number of benzene rings is 2. The van der Waals surface area contributed by atoms with Gasteiger partial charge in [-0.15, -0.1) is 0 Å². The van der Waals surface area contributed by atoms with Crippen LogP contribution in [-0.4, -0.2) is 20.6 Å². The number of carboxylic acid groups (broad SMARTS) is 1. The quantitative estimate of drug-likeness (QED) is 0.575. The summed E-state index contributed by atoms with van der Waals surface area (Å²) >= 11 is 0. The summed E-state index contributed by atoms with van der Waals surface area (Å²) in [7, 11) is 1.87. The number of halogens is 1. The van der Waals surface area contributed by atoms with Gasteiger partial charge in [-0.05, 0) is 35.9 Å². The molecule has 1 N–H and O–H groups in total. The molecule has 4 rings (SSSR count). The first-order valence-electron chi connectivity index (χ1n) is 8.37. The zero-order valence-corrected chi connectivity index (χ0v) is 14.8. The van der Waals surface area contributed by atoms with Gasteiger partial charge in [0.2, 0.25) is 5.89 Å². The molecule has 0 aliphatic rings. The van der Waals surface area contributed by atoms with E-state index in [1.54, 1.807) is 24.3 Å². The summed E-state index contributed by atoms with van der Waals surface area (Å²) in [6.45, 7) is 4.00. The number of rotatable bonds is 3. The van der Waals surface area contributed by atoms with Crippen molar-refractivity contribution >= 4 is 28.0 Å². The number of carboxylic acids is 1. The van der Waals surface area contributed by atoms with Crippen LogP contribution in [0.25, 0.3) is 33.5 Å². The summed E-state index contributed by atoms with van der Waals surface area (Å²) in [5, 5.41) is 9.60. The Morgan fingerprint density at radius 2 is 2.00 bits per heavy atom. The minimum atomic E-state index is -0.904. The van der Waals surface area contributed by atoms with Gasteiger partial charge in [-0.2, -0.15) is 0 Å². The van der Waals surface area contributed by atoms with Crippen molar-refractivity contribution in [3.8, 4) is 11.5 Å². The highest BCUT2D eigenvalue weighted by Crippen LogP contribution is 2.32. The molecule has 0 bridgehead atoms. The number of aryl methyl sites for hydroxylation is 1. The van der Waals surface area contributed by atoms with Gasteiger partial charge in [0.05, 0.1) is 12.0 Å². The van der Waals surface area contributed by atoms with E-state index < -0.39 is 5.97 Å². The maximum Gasteiger partial charge on any atom is 0.307 e.